The predicted octanol–water partition coefficient (Wildman–Crippen LogP) is 6.97. The zero-order valence-electron chi connectivity index (χ0n) is 18.4. The summed E-state index contributed by atoms with van der Waals surface area (Å²) in [5.41, 5.74) is 6.50. The molecule has 0 radical (unpaired) electrons. The molecule has 5 aromatic rings. The number of nitrogens with one attached hydrogen (secondary N) is 1. The van der Waals surface area contributed by atoms with Crippen molar-refractivity contribution in [2.45, 2.75) is 6.92 Å². The Morgan fingerprint density at radius 2 is 0.909 bits per heavy atom. The van der Waals surface area contributed by atoms with Gasteiger partial charge in [-0.3, -0.25) is 0 Å². The van der Waals surface area contributed by atoms with E-state index in [0.717, 1.165) is 39.9 Å². The van der Waals surface area contributed by atoms with Gasteiger partial charge in [0, 0.05) is 17.7 Å². The number of benzene rings is 4. The summed E-state index contributed by atoms with van der Waals surface area (Å²) in [6.07, 6.45) is 0. The molecule has 0 saturated carbocycles. The topological polar surface area (TPSA) is 50.7 Å². The maximum Gasteiger partial charge on any atom is 0.226 e. The van der Waals surface area contributed by atoms with Crippen molar-refractivity contribution >= 4 is 5.95 Å². The minimum Gasteiger partial charge on any atom is -0.354 e. The average Bonchev–Trinajstić information content (AvgIpc) is 2.90. The number of aromatic nitrogens is 3. The van der Waals surface area contributed by atoms with Crippen LogP contribution in [-0.4, -0.2) is 21.5 Å². The highest BCUT2D eigenvalue weighted by molar-refractivity contribution is 5.73. The third-order valence-electron chi connectivity index (χ3n) is 5.43. The Balaban J connectivity index is 1.58. The van der Waals surface area contributed by atoms with Crippen LogP contribution in [-0.2, 0) is 0 Å². The van der Waals surface area contributed by atoms with Gasteiger partial charge in [0.25, 0.3) is 0 Å². The number of hydrogen-bond donors (Lipinski definition) is 1. The van der Waals surface area contributed by atoms with Crippen LogP contribution in [0.15, 0.2) is 109 Å². The summed E-state index contributed by atoms with van der Waals surface area (Å²) in [5, 5.41) is 3.26. The second-order valence-electron chi connectivity index (χ2n) is 7.73. The summed E-state index contributed by atoms with van der Waals surface area (Å²) in [4.78, 5) is 14.3. The van der Waals surface area contributed by atoms with Crippen molar-refractivity contribution in [3.05, 3.63) is 109 Å². The van der Waals surface area contributed by atoms with Gasteiger partial charge in [-0.1, -0.05) is 97.1 Å². The van der Waals surface area contributed by atoms with Crippen LogP contribution in [0.1, 0.15) is 6.92 Å². The molecule has 4 heteroatoms. The molecule has 0 bridgehead atoms. The Hall–Kier alpha value is -4.31. The van der Waals surface area contributed by atoms with E-state index in [2.05, 4.69) is 53.8 Å². The van der Waals surface area contributed by atoms with Crippen molar-refractivity contribution in [3.63, 3.8) is 0 Å². The fourth-order valence-electron chi connectivity index (χ4n) is 3.81. The van der Waals surface area contributed by atoms with Crippen LogP contribution in [0, 0.1) is 0 Å². The van der Waals surface area contributed by atoms with Crippen LogP contribution in [0.4, 0.5) is 5.95 Å². The van der Waals surface area contributed by atoms with Crippen LogP contribution in [0.2, 0.25) is 0 Å². The zero-order chi connectivity index (χ0) is 22.5. The van der Waals surface area contributed by atoms with Crippen molar-refractivity contribution in [2.24, 2.45) is 0 Å². The third-order valence-corrected chi connectivity index (χ3v) is 5.43. The van der Waals surface area contributed by atoms with Gasteiger partial charge < -0.3 is 5.32 Å². The lowest BCUT2D eigenvalue weighted by atomic mass is 10.0. The molecular weight excluding hydrogens is 404 g/mol. The molecule has 0 fully saturated rings. The van der Waals surface area contributed by atoms with Gasteiger partial charge in [-0.15, -0.1) is 0 Å². The Morgan fingerprint density at radius 3 is 1.36 bits per heavy atom. The summed E-state index contributed by atoms with van der Waals surface area (Å²) in [7, 11) is 0. The second kappa shape index (κ2) is 9.45. The molecule has 5 rings (SSSR count). The van der Waals surface area contributed by atoms with Gasteiger partial charge >= 0.3 is 0 Å². The highest BCUT2D eigenvalue weighted by atomic mass is 15.2. The molecule has 160 valence electrons. The van der Waals surface area contributed by atoms with E-state index in [1.54, 1.807) is 0 Å². The second-order valence-corrected chi connectivity index (χ2v) is 7.73. The summed E-state index contributed by atoms with van der Waals surface area (Å²) >= 11 is 0. The monoisotopic (exact) mass is 428 g/mol. The molecule has 1 N–H and O–H groups in total. The molecule has 0 aliphatic rings. The quantitative estimate of drug-likeness (QED) is 0.317. The Morgan fingerprint density at radius 1 is 0.485 bits per heavy atom. The first-order valence-corrected chi connectivity index (χ1v) is 11.1. The lowest BCUT2D eigenvalue weighted by Crippen LogP contribution is -2.06. The Labute approximate surface area is 194 Å². The number of hydrogen-bond acceptors (Lipinski definition) is 4. The van der Waals surface area contributed by atoms with Crippen LogP contribution in [0.5, 0.6) is 0 Å². The Bertz CT molecular complexity index is 1260. The van der Waals surface area contributed by atoms with Crippen LogP contribution >= 0.6 is 0 Å². The van der Waals surface area contributed by atoms with Crippen LogP contribution in [0.3, 0.4) is 0 Å². The molecule has 4 aromatic carbocycles. The fourth-order valence-corrected chi connectivity index (χ4v) is 3.81. The molecule has 4 nitrogen and oxygen atoms in total. The molecule has 33 heavy (non-hydrogen) atoms. The number of rotatable bonds is 6. The van der Waals surface area contributed by atoms with E-state index in [-0.39, 0.29) is 0 Å². The average molecular weight is 429 g/mol. The first kappa shape index (κ1) is 20.6. The maximum absolute atomic E-state index is 4.86. The minimum absolute atomic E-state index is 0.577. The van der Waals surface area contributed by atoms with Crippen molar-refractivity contribution < 1.29 is 0 Å². The van der Waals surface area contributed by atoms with Crippen molar-refractivity contribution in [2.75, 3.05) is 11.9 Å². The summed E-state index contributed by atoms with van der Waals surface area (Å²) in [6.45, 7) is 2.77. The number of nitrogens with zero attached hydrogens (tertiary/aromatic N) is 3. The van der Waals surface area contributed by atoms with E-state index in [1.165, 1.54) is 0 Å². The van der Waals surface area contributed by atoms with E-state index >= 15 is 0 Å². The lowest BCUT2D eigenvalue weighted by Gasteiger charge is -2.10. The molecule has 0 aliphatic carbocycles. The van der Waals surface area contributed by atoms with E-state index in [0.29, 0.717) is 17.6 Å². The zero-order valence-corrected chi connectivity index (χ0v) is 18.4. The van der Waals surface area contributed by atoms with Gasteiger partial charge in [-0.05, 0) is 41.3 Å². The molecule has 0 aliphatic heterocycles. The molecular formula is C29H24N4. The van der Waals surface area contributed by atoms with Gasteiger partial charge in [-0.2, -0.15) is 9.97 Å². The van der Waals surface area contributed by atoms with E-state index in [9.17, 15) is 0 Å². The number of anilines is 1. The summed E-state index contributed by atoms with van der Waals surface area (Å²) in [5.74, 6) is 1.88. The highest BCUT2D eigenvalue weighted by Crippen LogP contribution is 2.28. The molecule has 0 atom stereocenters. The van der Waals surface area contributed by atoms with Gasteiger partial charge in [-0.25, -0.2) is 4.98 Å². The smallest absolute Gasteiger partial charge is 0.226 e. The third kappa shape index (κ3) is 4.65. The summed E-state index contributed by atoms with van der Waals surface area (Å²) in [6, 6.07) is 37.3. The molecule has 1 aromatic heterocycles. The molecule has 0 saturated heterocycles. The minimum atomic E-state index is 0.577. The fraction of sp³-hybridized carbons (Fsp3) is 0.0690. The molecule has 0 amide bonds. The van der Waals surface area contributed by atoms with Gasteiger partial charge in [0.2, 0.25) is 5.95 Å². The first-order chi connectivity index (χ1) is 16.3. The normalized spacial score (nSPS) is 10.7. The largest absolute Gasteiger partial charge is 0.354 e. The van der Waals surface area contributed by atoms with Crippen molar-refractivity contribution in [3.8, 4) is 45.0 Å². The van der Waals surface area contributed by atoms with Crippen molar-refractivity contribution in [1.82, 2.24) is 15.0 Å². The summed E-state index contributed by atoms with van der Waals surface area (Å²) < 4.78 is 0. The molecule has 0 spiro atoms. The van der Waals surface area contributed by atoms with Crippen molar-refractivity contribution in [1.29, 1.82) is 0 Å². The predicted molar refractivity (Wildman–Crippen MR) is 136 cm³/mol. The van der Waals surface area contributed by atoms with Crippen LogP contribution in [0.25, 0.3) is 45.0 Å². The molecule has 0 unspecified atom stereocenters. The first-order valence-electron chi connectivity index (χ1n) is 11.1. The SMILES string of the molecule is CCNc1nc(-c2cccc(-c3ccccc3)c2)nc(-c2cccc(-c3ccccc3)c2)n1. The lowest BCUT2D eigenvalue weighted by molar-refractivity contribution is 1.03. The van der Waals surface area contributed by atoms with Gasteiger partial charge in [0.1, 0.15) is 0 Å². The van der Waals surface area contributed by atoms with E-state index in [4.69, 9.17) is 15.0 Å². The highest BCUT2D eigenvalue weighted by Gasteiger charge is 2.12. The van der Waals surface area contributed by atoms with Crippen LogP contribution < -0.4 is 5.32 Å². The Kier molecular flexibility index (Phi) is 5.89. The van der Waals surface area contributed by atoms with Gasteiger partial charge in [0.15, 0.2) is 11.6 Å². The maximum atomic E-state index is 4.86. The van der Waals surface area contributed by atoms with E-state index in [1.807, 2.05) is 67.6 Å². The standard InChI is InChI=1S/C29H24N4/c1-2-30-29-32-27(25-17-9-15-23(19-25)21-11-5-3-6-12-21)31-28(33-29)26-18-10-16-24(20-26)22-13-7-4-8-14-22/h3-20H,2H2,1H3,(H,30,31,32,33). The van der Waals surface area contributed by atoms with Gasteiger partial charge in [0.05, 0.1) is 0 Å². The molecule has 1 heterocycles. The van der Waals surface area contributed by atoms with E-state index < -0.39 is 0 Å².